The highest BCUT2D eigenvalue weighted by molar-refractivity contribution is 7.18. The summed E-state index contributed by atoms with van der Waals surface area (Å²) in [5.41, 5.74) is -0.596. The van der Waals surface area contributed by atoms with Gasteiger partial charge in [0.2, 0.25) is 0 Å². The summed E-state index contributed by atoms with van der Waals surface area (Å²) in [6, 6.07) is 5.16. The molecule has 0 spiro atoms. The monoisotopic (exact) mass is 434 g/mol. The number of ether oxygens (including phenoxy) is 2. The first-order valence-corrected chi connectivity index (χ1v) is 9.86. The Morgan fingerprint density at radius 3 is 2.43 bits per heavy atom. The minimum absolute atomic E-state index is 0.0314. The molecule has 10 heteroatoms. The number of thiophene rings is 1. The fourth-order valence-electron chi connectivity index (χ4n) is 2.51. The first-order chi connectivity index (χ1) is 13.9. The second kappa shape index (κ2) is 9.04. The molecule has 0 fully saturated rings. The number of non-ortho nitro benzene ring substituents is 1. The molecule has 0 radical (unpaired) electrons. The van der Waals surface area contributed by atoms with Gasteiger partial charge in [-0.2, -0.15) is 0 Å². The van der Waals surface area contributed by atoms with Crippen LogP contribution in [0, 0.1) is 17.0 Å². The van der Waals surface area contributed by atoms with Crippen molar-refractivity contribution >= 4 is 39.9 Å². The van der Waals surface area contributed by atoms with Crippen molar-refractivity contribution in [3.05, 3.63) is 55.9 Å². The van der Waals surface area contributed by atoms with Crippen LogP contribution in [0.15, 0.2) is 24.3 Å². The fraction of sp³-hybridized carbons (Fsp3) is 0.350. The molecule has 9 nitrogen and oxygen atoms in total. The first-order valence-electron chi connectivity index (χ1n) is 9.04. The molecule has 0 bridgehead atoms. The number of nitrogens with zero attached hydrogens (tertiary/aromatic N) is 1. The van der Waals surface area contributed by atoms with Crippen LogP contribution in [0.25, 0.3) is 0 Å². The zero-order chi connectivity index (χ0) is 22.6. The molecule has 0 aliphatic heterocycles. The number of amides is 1. The Kier molecular flexibility index (Phi) is 6.93. The molecule has 160 valence electrons. The number of hydrogen-bond acceptors (Lipinski definition) is 8. The van der Waals surface area contributed by atoms with Crippen LogP contribution in [0.3, 0.4) is 0 Å². The summed E-state index contributed by atoms with van der Waals surface area (Å²) in [5.74, 6) is -2.00. The molecule has 1 amide bonds. The van der Waals surface area contributed by atoms with Crippen molar-refractivity contribution < 1.29 is 28.8 Å². The van der Waals surface area contributed by atoms with Gasteiger partial charge in [-0.15, -0.1) is 11.3 Å². The van der Waals surface area contributed by atoms with E-state index in [1.807, 2.05) is 0 Å². The standard InChI is InChI=1S/C20H22N2O7S/c1-6-28-18(24)14-11(2)15(19(25)29-20(3,4)5)30-17(14)21-16(23)12-8-7-9-13(10-12)22(26)27/h7-10H,6H2,1-5H3,(H,21,23). The van der Waals surface area contributed by atoms with Crippen LogP contribution >= 0.6 is 11.3 Å². The van der Waals surface area contributed by atoms with Crippen molar-refractivity contribution in [1.82, 2.24) is 0 Å². The van der Waals surface area contributed by atoms with Gasteiger partial charge in [-0.05, 0) is 46.2 Å². The third-order valence-electron chi connectivity index (χ3n) is 3.76. The van der Waals surface area contributed by atoms with Gasteiger partial charge in [-0.1, -0.05) is 6.07 Å². The number of nitrogens with one attached hydrogen (secondary N) is 1. The van der Waals surface area contributed by atoms with Gasteiger partial charge in [0.05, 0.1) is 17.1 Å². The first kappa shape index (κ1) is 23.0. The van der Waals surface area contributed by atoms with Gasteiger partial charge in [-0.3, -0.25) is 14.9 Å². The molecule has 0 saturated carbocycles. The van der Waals surface area contributed by atoms with E-state index in [9.17, 15) is 24.5 Å². The number of esters is 2. The summed E-state index contributed by atoms with van der Waals surface area (Å²) in [7, 11) is 0. The van der Waals surface area contributed by atoms with Gasteiger partial charge in [0.1, 0.15) is 15.5 Å². The highest BCUT2D eigenvalue weighted by Crippen LogP contribution is 2.35. The van der Waals surface area contributed by atoms with E-state index in [1.165, 1.54) is 18.2 Å². The minimum atomic E-state index is -0.746. The smallest absolute Gasteiger partial charge is 0.349 e. The van der Waals surface area contributed by atoms with Crippen LogP contribution in [0.1, 0.15) is 63.6 Å². The summed E-state index contributed by atoms with van der Waals surface area (Å²) in [6.07, 6.45) is 0. The molecule has 0 aliphatic carbocycles. The largest absolute Gasteiger partial charge is 0.462 e. The maximum Gasteiger partial charge on any atom is 0.349 e. The van der Waals surface area contributed by atoms with E-state index in [0.29, 0.717) is 5.56 Å². The van der Waals surface area contributed by atoms with E-state index in [2.05, 4.69) is 5.32 Å². The lowest BCUT2D eigenvalue weighted by atomic mass is 10.1. The van der Waals surface area contributed by atoms with Crippen LogP contribution in [0.5, 0.6) is 0 Å². The fourth-order valence-corrected chi connectivity index (χ4v) is 3.57. The summed E-state index contributed by atoms with van der Waals surface area (Å²) >= 11 is 0.881. The lowest BCUT2D eigenvalue weighted by molar-refractivity contribution is -0.384. The number of hydrogen-bond donors (Lipinski definition) is 1. The highest BCUT2D eigenvalue weighted by atomic mass is 32.1. The van der Waals surface area contributed by atoms with Crippen LogP contribution in [0.4, 0.5) is 10.7 Å². The topological polar surface area (TPSA) is 125 Å². The van der Waals surface area contributed by atoms with Crippen molar-refractivity contribution in [2.45, 2.75) is 40.2 Å². The van der Waals surface area contributed by atoms with Crippen molar-refractivity contribution in [3.63, 3.8) is 0 Å². The van der Waals surface area contributed by atoms with Crippen molar-refractivity contribution in [1.29, 1.82) is 0 Å². The average Bonchev–Trinajstić information content (AvgIpc) is 2.96. The quantitative estimate of drug-likeness (QED) is 0.407. The van der Waals surface area contributed by atoms with E-state index in [0.717, 1.165) is 17.4 Å². The molecular weight excluding hydrogens is 412 g/mol. The van der Waals surface area contributed by atoms with Crippen LogP contribution < -0.4 is 5.32 Å². The Bertz CT molecular complexity index is 1010. The molecule has 1 aromatic heterocycles. The maximum atomic E-state index is 12.6. The Morgan fingerprint density at radius 1 is 1.20 bits per heavy atom. The van der Waals surface area contributed by atoms with E-state index in [4.69, 9.17) is 9.47 Å². The molecule has 0 saturated heterocycles. The predicted octanol–water partition coefficient (Wildman–Crippen LogP) is 4.35. The minimum Gasteiger partial charge on any atom is -0.462 e. The molecule has 2 aromatic rings. The van der Waals surface area contributed by atoms with Gasteiger partial charge in [0.15, 0.2) is 0 Å². The second-order valence-electron chi connectivity index (χ2n) is 7.24. The Hall–Kier alpha value is -3.27. The normalized spacial score (nSPS) is 11.0. The molecule has 0 aliphatic rings. The third kappa shape index (κ3) is 5.41. The molecule has 30 heavy (non-hydrogen) atoms. The van der Waals surface area contributed by atoms with Gasteiger partial charge in [-0.25, -0.2) is 9.59 Å². The zero-order valence-corrected chi connectivity index (χ0v) is 18.0. The van der Waals surface area contributed by atoms with Gasteiger partial charge in [0, 0.05) is 17.7 Å². The zero-order valence-electron chi connectivity index (χ0n) is 17.2. The Balaban J connectivity index is 2.44. The lowest BCUT2D eigenvalue weighted by Crippen LogP contribution is -2.23. The molecule has 1 heterocycles. The van der Waals surface area contributed by atoms with Gasteiger partial charge >= 0.3 is 11.9 Å². The lowest BCUT2D eigenvalue weighted by Gasteiger charge is -2.19. The molecule has 0 unspecified atom stereocenters. The van der Waals surface area contributed by atoms with Gasteiger partial charge in [0.25, 0.3) is 11.6 Å². The third-order valence-corrected chi connectivity index (χ3v) is 4.94. The molecule has 2 rings (SSSR count). The van der Waals surface area contributed by atoms with Gasteiger partial charge < -0.3 is 14.8 Å². The van der Waals surface area contributed by atoms with Crippen molar-refractivity contribution in [2.24, 2.45) is 0 Å². The van der Waals surface area contributed by atoms with E-state index in [1.54, 1.807) is 34.6 Å². The van der Waals surface area contributed by atoms with Crippen molar-refractivity contribution in [2.75, 3.05) is 11.9 Å². The van der Waals surface area contributed by atoms with Crippen LogP contribution in [0.2, 0.25) is 0 Å². The number of carbonyl (C=O) groups is 3. The van der Waals surface area contributed by atoms with E-state index in [-0.39, 0.29) is 33.3 Å². The summed E-state index contributed by atoms with van der Waals surface area (Å²) < 4.78 is 10.4. The van der Waals surface area contributed by atoms with Crippen LogP contribution in [-0.2, 0) is 9.47 Å². The predicted molar refractivity (Wildman–Crippen MR) is 111 cm³/mol. The molecular formula is C20H22N2O7S. The highest BCUT2D eigenvalue weighted by Gasteiger charge is 2.29. The number of nitro benzene ring substituents is 1. The van der Waals surface area contributed by atoms with E-state index >= 15 is 0 Å². The summed E-state index contributed by atoms with van der Waals surface area (Å²) in [5, 5.41) is 13.6. The van der Waals surface area contributed by atoms with Crippen LogP contribution in [-0.4, -0.2) is 35.0 Å². The number of carbonyl (C=O) groups excluding carboxylic acids is 3. The second-order valence-corrected chi connectivity index (χ2v) is 8.26. The number of rotatable bonds is 6. The molecule has 0 atom stereocenters. The van der Waals surface area contributed by atoms with Crippen molar-refractivity contribution in [3.8, 4) is 0 Å². The Morgan fingerprint density at radius 2 is 1.87 bits per heavy atom. The Labute approximate surface area is 177 Å². The summed E-state index contributed by atoms with van der Waals surface area (Å²) in [6.45, 7) is 8.44. The summed E-state index contributed by atoms with van der Waals surface area (Å²) in [4.78, 5) is 48.1. The molecule has 1 aromatic carbocycles. The number of benzene rings is 1. The maximum absolute atomic E-state index is 12.6. The molecule has 1 N–H and O–H groups in total. The number of nitro groups is 1. The SMILES string of the molecule is CCOC(=O)c1c(NC(=O)c2cccc([N+](=O)[O-])c2)sc(C(=O)OC(C)(C)C)c1C. The average molecular weight is 434 g/mol. The number of anilines is 1. The van der Waals surface area contributed by atoms with E-state index < -0.39 is 28.4 Å².